The summed E-state index contributed by atoms with van der Waals surface area (Å²) in [6, 6.07) is 12.0. The second-order valence-electron chi connectivity index (χ2n) is 4.17. The van der Waals surface area contributed by atoms with Crippen LogP contribution < -0.4 is 0 Å². The van der Waals surface area contributed by atoms with Crippen LogP contribution in [-0.2, 0) is 9.53 Å². The first-order valence-corrected chi connectivity index (χ1v) is 6.60. The van der Waals surface area contributed by atoms with E-state index in [1.165, 1.54) is 7.11 Å². The Morgan fingerprint density at radius 1 is 1.15 bits per heavy atom. The summed E-state index contributed by atoms with van der Waals surface area (Å²) in [5.41, 5.74) is 1.84. The van der Waals surface area contributed by atoms with Crippen molar-refractivity contribution >= 4 is 29.2 Å². The molecule has 0 heterocycles. The molecule has 0 radical (unpaired) electrons. The average Bonchev–Trinajstić information content (AvgIpc) is 2.44. The van der Waals surface area contributed by atoms with Crippen molar-refractivity contribution < 1.29 is 14.6 Å². The van der Waals surface area contributed by atoms with E-state index in [2.05, 4.69) is 4.74 Å². The van der Waals surface area contributed by atoms with E-state index in [0.717, 1.165) is 5.56 Å². The molecule has 0 saturated carbocycles. The lowest BCUT2D eigenvalue weighted by molar-refractivity contribution is -0.150. The molecule has 0 aliphatic heterocycles. The summed E-state index contributed by atoms with van der Waals surface area (Å²) in [6.45, 7) is 0. The van der Waals surface area contributed by atoms with Crippen molar-refractivity contribution in [2.45, 2.75) is 6.10 Å². The highest BCUT2D eigenvalue weighted by Gasteiger charge is 2.21. The van der Waals surface area contributed by atoms with Gasteiger partial charge in [0.15, 0.2) is 6.10 Å². The van der Waals surface area contributed by atoms with Crippen molar-refractivity contribution in [2.24, 2.45) is 0 Å². The molecule has 1 unspecified atom stereocenters. The van der Waals surface area contributed by atoms with E-state index in [1.54, 1.807) is 42.5 Å². The van der Waals surface area contributed by atoms with Crippen LogP contribution in [0.1, 0.15) is 11.7 Å². The summed E-state index contributed by atoms with van der Waals surface area (Å²) in [4.78, 5) is 11.5. The highest BCUT2D eigenvalue weighted by atomic mass is 35.5. The third kappa shape index (κ3) is 3.12. The molecule has 20 heavy (non-hydrogen) atoms. The molecule has 104 valence electrons. The van der Waals surface area contributed by atoms with Crippen molar-refractivity contribution in [3.05, 3.63) is 58.1 Å². The molecule has 2 aromatic carbocycles. The monoisotopic (exact) mass is 310 g/mol. The molecule has 0 spiro atoms. The molecule has 0 aliphatic carbocycles. The van der Waals surface area contributed by atoms with Crippen LogP contribution in [0, 0.1) is 0 Å². The number of rotatable bonds is 3. The number of methoxy groups -OCH3 is 1. The predicted molar refractivity (Wildman–Crippen MR) is 78.9 cm³/mol. The standard InChI is InChI=1S/C15H12Cl2O3/c1-20-15(19)14(18)13-5-3-2-4-12(13)9-6-10(16)8-11(17)7-9/h2-8,14,18H,1H3. The van der Waals surface area contributed by atoms with Crippen molar-refractivity contribution in [3.8, 4) is 11.1 Å². The summed E-state index contributed by atoms with van der Waals surface area (Å²) in [5.74, 6) is -0.717. The maximum Gasteiger partial charge on any atom is 0.339 e. The van der Waals surface area contributed by atoms with Crippen molar-refractivity contribution in [1.82, 2.24) is 0 Å². The van der Waals surface area contributed by atoms with E-state index >= 15 is 0 Å². The smallest absolute Gasteiger partial charge is 0.339 e. The molecule has 2 rings (SSSR count). The number of ether oxygens (including phenoxy) is 1. The van der Waals surface area contributed by atoms with Crippen LogP contribution in [0.3, 0.4) is 0 Å². The molecule has 1 atom stereocenters. The minimum atomic E-state index is -1.35. The molecule has 2 aromatic rings. The number of halogens is 2. The molecule has 3 nitrogen and oxygen atoms in total. The number of benzene rings is 2. The van der Waals surface area contributed by atoms with Crippen molar-refractivity contribution in [2.75, 3.05) is 7.11 Å². The van der Waals surface area contributed by atoms with Gasteiger partial charge in [-0.2, -0.15) is 0 Å². The first kappa shape index (κ1) is 14.9. The second kappa shape index (κ2) is 6.27. The fourth-order valence-corrected chi connectivity index (χ4v) is 2.47. The molecular weight excluding hydrogens is 299 g/mol. The van der Waals surface area contributed by atoms with Gasteiger partial charge in [-0.05, 0) is 34.9 Å². The molecule has 0 fully saturated rings. The van der Waals surface area contributed by atoms with Gasteiger partial charge in [0.1, 0.15) is 0 Å². The zero-order valence-corrected chi connectivity index (χ0v) is 12.2. The van der Waals surface area contributed by atoms with Gasteiger partial charge in [0.2, 0.25) is 0 Å². The molecule has 0 aromatic heterocycles. The number of aliphatic hydroxyl groups is 1. The predicted octanol–water partition coefficient (Wildman–Crippen LogP) is 3.87. The van der Waals surface area contributed by atoms with Crippen LogP contribution >= 0.6 is 23.2 Å². The largest absolute Gasteiger partial charge is 0.467 e. The quantitative estimate of drug-likeness (QED) is 0.875. The van der Waals surface area contributed by atoms with E-state index in [0.29, 0.717) is 21.2 Å². The molecule has 0 amide bonds. The van der Waals surface area contributed by atoms with E-state index in [-0.39, 0.29) is 0 Å². The lowest BCUT2D eigenvalue weighted by Gasteiger charge is -2.14. The van der Waals surface area contributed by atoms with Crippen LogP contribution in [-0.4, -0.2) is 18.2 Å². The Hall–Kier alpha value is -1.55. The summed E-state index contributed by atoms with van der Waals surface area (Å²) < 4.78 is 4.56. The number of carbonyl (C=O) groups is 1. The van der Waals surface area contributed by atoms with E-state index in [4.69, 9.17) is 23.2 Å². The van der Waals surface area contributed by atoms with Crippen molar-refractivity contribution in [3.63, 3.8) is 0 Å². The van der Waals surface area contributed by atoms with Gasteiger partial charge >= 0.3 is 5.97 Å². The van der Waals surface area contributed by atoms with Gasteiger partial charge in [0.25, 0.3) is 0 Å². The van der Waals surface area contributed by atoms with Gasteiger partial charge < -0.3 is 9.84 Å². The Balaban J connectivity index is 2.54. The van der Waals surface area contributed by atoms with Crippen molar-refractivity contribution in [1.29, 1.82) is 0 Å². The van der Waals surface area contributed by atoms with Crippen LogP contribution in [0.5, 0.6) is 0 Å². The molecular formula is C15H12Cl2O3. The van der Waals surface area contributed by atoms with Crippen LogP contribution in [0.4, 0.5) is 0 Å². The topological polar surface area (TPSA) is 46.5 Å². The zero-order valence-electron chi connectivity index (χ0n) is 10.6. The Bertz CT molecular complexity index is 621. The highest BCUT2D eigenvalue weighted by Crippen LogP contribution is 2.32. The van der Waals surface area contributed by atoms with Gasteiger partial charge in [-0.15, -0.1) is 0 Å². The lowest BCUT2D eigenvalue weighted by Crippen LogP contribution is -2.14. The normalized spacial score (nSPS) is 12.0. The van der Waals surface area contributed by atoms with Gasteiger partial charge in [-0.25, -0.2) is 4.79 Å². The van der Waals surface area contributed by atoms with E-state index in [1.807, 2.05) is 0 Å². The number of hydrogen-bond acceptors (Lipinski definition) is 3. The van der Waals surface area contributed by atoms with Gasteiger partial charge in [-0.3, -0.25) is 0 Å². The molecule has 0 saturated heterocycles. The Labute approximate surface area is 126 Å². The van der Waals surface area contributed by atoms with Crippen LogP contribution in [0.15, 0.2) is 42.5 Å². The molecule has 5 heteroatoms. The van der Waals surface area contributed by atoms with Crippen LogP contribution in [0.2, 0.25) is 10.0 Å². The van der Waals surface area contributed by atoms with Gasteiger partial charge in [0.05, 0.1) is 7.11 Å². The summed E-state index contributed by atoms with van der Waals surface area (Å²) in [6.07, 6.45) is -1.35. The highest BCUT2D eigenvalue weighted by molar-refractivity contribution is 6.35. The first-order chi connectivity index (χ1) is 9.52. The third-order valence-electron chi connectivity index (χ3n) is 2.85. The maximum atomic E-state index is 11.5. The van der Waals surface area contributed by atoms with Gasteiger partial charge in [0, 0.05) is 10.0 Å². The Morgan fingerprint density at radius 3 is 2.35 bits per heavy atom. The molecule has 1 N–H and O–H groups in total. The SMILES string of the molecule is COC(=O)C(O)c1ccccc1-c1cc(Cl)cc(Cl)c1. The molecule has 0 bridgehead atoms. The number of hydrogen-bond donors (Lipinski definition) is 1. The minimum absolute atomic E-state index is 0.442. The van der Waals surface area contributed by atoms with E-state index < -0.39 is 12.1 Å². The number of aliphatic hydroxyl groups excluding tert-OH is 1. The maximum absolute atomic E-state index is 11.5. The minimum Gasteiger partial charge on any atom is -0.467 e. The molecule has 0 aliphatic rings. The summed E-state index contributed by atoms with van der Waals surface area (Å²) >= 11 is 12.0. The Morgan fingerprint density at radius 2 is 1.75 bits per heavy atom. The Kier molecular flexibility index (Phi) is 4.65. The summed E-state index contributed by atoms with van der Waals surface area (Å²) in [7, 11) is 1.23. The number of carbonyl (C=O) groups excluding carboxylic acids is 1. The number of esters is 1. The first-order valence-electron chi connectivity index (χ1n) is 5.84. The summed E-state index contributed by atoms with van der Waals surface area (Å²) in [5, 5.41) is 11.0. The lowest BCUT2D eigenvalue weighted by atomic mass is 9.96. The average molecular weight is 311 g/mol. The fraction of sp³-hybridized carbons (Fsp3) is 0.133. The van der Waals surface area contributed by atoms with Crippen LogP contribution in [0.25, 0.3) is 11.1 Å². The second-order valence-corrected chi connectivity index (χ2v) is 5.04. The van der Waals surface area contributed by atoms with Gasteiger partial charge in [-0.1, -0.05) is 47.5 Å². The third-order valence-corrected chi connectivity index (χ3v) is 3.29. The zero-order chi connectivity index (χ0) is 14.7. The van der Waals surface area contributed by atoms with E-state index in [9.17, 15) is 9.90 Å². The fourth-order valence-electron chi connectivity index (χ4n) is 1.95.